The van der Waals surface area contributed by atoms with Crippen LogP contribution in [0.15, 0.2) is 34.7 Å². The number of carbonyl (C=O) groups excluding carboxylic acids is 2. The second kappa shape index (κ2) is 9.31. The average molecular weight is 500 g/mol. The van der Waals surface area contributed by atoms with Gasteiger partial charge in [0.1, 0.15) is 0 Å². The Morgan fingerprint density at radius 2 is 1.37 bits per heavy atom. The zero-order valence-corrected chi connectivity index (χ0v) is 22.9. The molecule has 1 aliphatic heterocycles. The third-order valence-electron chi connectivity index (χ3n) is 7.29. The van der Waals surface area contributed by atoms with Crippen molar-refractivity contribution in [2.45, 2.75) is 80.1 Å². The van der Waals surface area contributed by atoms with Gasteiger partial charge in [-0.15, -0.1) is 0 Å². The lowest BCUT2D eigenvalue weighted by atomic mass is 9.63. The van der Waals surface area contributed by atoms with Gasteiger partial charge in [-0.3, -0.25) is 9.59 Å². The van der Waals surface area contributed by atoms with Crippen molar-refractivity contribution in [2.24, 2.45) is 10.8 Å². The first-order valence-corrected chi connectivity index (χ1v) is 13.2. The standard InChI is InChI=1S/C29H38ClNO4/c1-8-31-19-13-28(4,5)15-21(32)25(19)24(26-20(31)14-29(6,7)16-22(26)33)17-11-18(30)27(35-10-3)23(12-17)34-9-2/h11-12,24H,8-10,13-16H2,1-7H3. The van der Waals surface area contributed by atoms with Crippen molar-refractivity contribution in [2.75, 3.05) is 19.8 Å². The van der Waals surface area contributed by atoms with Crippen LogP contribution in [0, 0.1) is 10.8 Å². The molecule has 0 radical (unpaired) electrons. The van der Waals surface area contributed by atoms with Crippen LogP contribution in [0.5, 0.6) is 11.5 Å². The number of carbonyl (C=O) groups is 2. The van der Waals surface area contributed by atoms with E-state index in [2.05, 4.69) is 39.5 Å². The second-order valence-corrected chi connectivity index (χ2v) is 11.9. The third-order valence-corrected chi connectivity index (χ3v) is 7.57. The molecule has 0 spiro atoms. The Kier molecular flexibility index (Phi) is 6.87. The first-order valence-electron chi connectivity index (χ1n) is 12.8. The molecule has 0 unspecified atom stereocenters. The monoisotopic (exact) mass is 499 g/mol. The molecule has 0 amide bonds. The number of hydrogen-bond donors (Lipinski definition) is 0. The van der Waals surface area contributed by atoms with Gasteiger partial charge in [0.2, 0.25) is 0 Å². The first-order chi connectivity index (χ1) is 16.4. The molecule has 5 nitrogen and oxygen atoms in total. The van der Waals surface area contributed by atoms with E-state index in [1.54, 1.807) is 0 Å². The molecule has 190 valence electrons. The van der Waals surface area contributed by atoms with E-state index in [1.165, 1.54) is 0 Å². The van der Waals surface area contributed by atoms with Gasteiger partial charge in [-0.25, -0.2) is 0 Å². The fourth-order valence-corrected chi connectivity index (χ4v) is 6.34. The molecule has 4 rings (SSSR count). The molecule has 0 N–H and O–H groups in total. The third kappa shape index (κ3) is 4.64. The minimum atomic E-state index is -0.442. The summed E-state index contributed by atoms with van der Waals surface area (Å²) in [5, 5.41) is 0.433. The summed E-state index contributed by atoms with van der Waals surface area (Å²) in [6.07, 6.45) is 2.52. The summed E-state index contributed by atoms with van der Waals surface area (Å²) in [7, 11) is 0. The fraction of sp³-hybridized carbons (Fsp3) is 0.586. The Bertz CT molecular complexity index is 1070. The van der Waals surface area contributed by atoms with E-state index in [4.69, 9.17) is 21.1 Å². The molecule has 1 aromatic rings. The maximum Gasteiger partial charge on any atom is 0.179 e. The van der Waals surface area contributed by atoms with Gasteiger partial charge in [-0.1, -0.05) is 39.3 Å². The van der Waals surface area contributed by atoms with Gasteiger partial charge in [0.15, 0.2) is 23.1 Å². The number of allylic oxidation sites excluding steroid dienone is 4. The number of benzene rings is 1. The van der Waals surface area contributed by atoms with Crippen LogP contribution in [0.4, 0.5) is 0 Å². The zero-order chi connectivity index (χ0) is 25.7. The molecule has 0 fully saturated rings. The highest BCUT2D eigenvalue weighted by atomic mass is 35.5. The van der Waals surface area contributed by atoms with Crippen LogP contribution in [0.3, 0.4) is 0 Å². The lowest BCUT2D eigenvalue weighted by Crippen LogP contribution is -2.44. The van der Waals surface area contributed by atoms with Crippen LogP contribution in [0.1, 0.15) is 85.6 Å². The van der Waals surface area contributed by atoms with Gasteiger partial charge in [-0.05, 0) is 62.1 Å². The van der Waals surface area contributed by atoms with Crippen molar-refractivity contribution < 1.29 is 19.1 Å². The molecule has 0 atom stereocenters. The zero-order valence-electron chi connectivity index (χ0n) is 22.1. The summed E-state index contributed by atoms with van der Waals surface area (Å²) < 4.78 is 11.7. The number of ether oxygens (including phenoxy) is 2. The average Bonchev–Trinajstić information content (AvgIpc) is 2.73. The van der Waals surface area contributed by atoms with Gasteiger partial charge in [-0.2, -0.15) is 0 Å². The molecule has 1 aromatic carbocycles. The molecular formula is C29H38ClNO4. The second-order valence-electron chi connectivity index (χ2n) is 11.5. The van der Waals surface area contributed by atoms with Gasteiger partial charge < -0.3 is 14.4 Å². The summed E-state index contributed by atoms with van der Waals surface area (Å²) in [5.41, 5.74) is 4.18. The van der Waals surface area contributed by atoms with Gasteiger partial charge >= 0.3 is 0 Å². The van der Waals surface area contributed by atoms with Crippen molar-refractivity contribution in [3.8, 4) is 11.5 Å². The van der Waals surface area contributed by atoms with Crippen LogP contribution < -0.4 is 9.47 Å². The van der Waals surface area contributed by atoms with Crippen LogP contribution in [-0.2, 0) is 9.59 Å². The number of Topliss-reactive ketones (excluding diaryl/α,β-unsaturated/α-hetero) is 2. The number of halogens is 1. The predicted molar refractivity (Wildman–Crippen MR) is 139 cm³/mol. The Balaban J connectivity index is 2.00. The Morgan fingerprint density at radius 3 is 1.83 bits per heavy atom. The highest BCUT2D eigenvalue weighted by Gasteiger charge is 2.48. The van der Waals surface area contributed by atoms with Crippen LogP contribution in [-0.4, -0.2) is 36.2 Å². The summed E-state index contributed by atoms with van der Waals surface area (Å²) in [6.45, 7) is 16.2. The normalized spacial score (nSPS) is 21.8. The first kappa shape index (κ1) is 25.8. The minimum absolute atomic E-state index is 0.117. The van der Waals surface area contributed by atoms with E-state index in [-0.39, 0.29) is 22.4 Å². The molecule has 2 aliphatic carbocycles. The van der Waals surface area contributed by atoms with Crippen LogP contribution in [0.2, 0.25) is 5.02 Å². The van der Waals surface area contributed by atoms with Crippen molar-refractivity contribution in [3.63, 3.8) is 0 Å². The van der Waals surface area contributed by atoms with Gasteiger partial charge in [0.25, 0.3) is 0 Å². The molecule has 0 bridgehead atoms. The lowest BCUT2D eigenvalue weighted by Gasteiger charge is -2.49. The van der Waals surface area contributed by atoms with Crippen LogP contribution in [0.25, 0.3) is 0 Å². The Hall–Kier alpha value is -2.27. The smallest absolute Gasteiger partial charge is 0.179 e. The van der Waals surface area contributed by atoms with Crippen molar-refractivity contribution in [1.29, 1.82) is 0 Å². The summed E-state index contributed by atoms with van der Waals surface area (Å²) in [4.78, 5) is 29.8. The summed E-state index contributed by atoms with van der Waals surface area (Å²) in [6, 6.07) is 3.78. The largest absolute Gasteiger partial charge is 0.490 e. The van der Waals surface area contributed by atoms with Gasteiger partial charge in [0, 0.05) is 47.8 Å². The van der Waals surface area contributed by atoms with Crippen LogP contribution >= 0.6 is 11.6 Å². The number of ketones is 2. The molecule has 1 heterocycles. The molecule has 35 heavy (non-hydrogen) atoms. The SMILES string of the molecule is CCOc1cc(C2C3=C(CC(C)(C)CC3=O)N(CC)C3=C2C(=O)CC(C)(C)C3)cc(Cl)c1OCC. The predicted octanol–water partition coefficient (Wildman–Crippen LogP) is 6.84. The molecule has 0 aromatic heterocycles. The number of nitrogens with zero attached hydrogens (tertiary/aromatic N) is 1. The summed E-state index contributed by atoms with van der Waals surface area (Å²) >= 11 is 6.72. The maximum absolute atomic E-state index is 13.8. The van der Waals surface area contributed by atoms with Gasteiger partial charge in [0.05, 0.1) is 18.2 Å². The summed E-state index contributed by atoms with van der Waals surface area (Å²) in [5.74, 6) is 0.841. The van der Waals surface area contributed by atoms with E-state index in [1.807, 2.05) is 26.0 Å². The fourth-order valence-electron chi connectivity index (χ4n) is 6.06. The lowest BCUT2D eigenvalue weighted by molar-refractivity contribution is -0.119. The highest BCUT2D eigenvalue weighted by Crippen LogP contribution is 2.55. The maximum atomic E-state index is 13.8. The van der Waals surface area contributed by atoms with E-state index in [0.717, 1.165) is 47.5 Å². The van der Waals surface area contributed by atoms with E-state index in [0.29, 0.717) is 42.6 Å². The Labute approximate surface area is 214 Å². The molecule has 0 saturated heterocycles. The highest BCUT2D eigenvalue weighted by molar-refractivity contribution is 6.32. The van der Waals surface area contributed by atoms with E-state index < -0.39 is 5.92 Å². The van der Waals surface area contributed by atoms with Crippen molar-refractivity contribution in [3.05, 3.63) is 45.3 Å². The number of hydrogen-bond acceptors (Lipinski definition) is 5. The van der Waals surface area contributed by atoms with E-state index in [9.17, 15) is 9.59 Å². The molecule has 6 heteroatoms. The molecule has 3 aliphatic rings. The molecule has 0 saturated carbocycles. The topological polar surface area (TPSA) is 55.8 Å². The minimum Gasteiger partial charge on any atom is -0.490 e. The quantitative estimate of drug-likeness (QED) is 0.428. The van der Waals surface area contributed by atoms with Crippen molar-refractivity contribution >= 4 is 23.2 Å². The number of rotatable bonds is 6. The molecular weight excluding hydrogens is 462 g/mol. The van der Waals surface area contributed by atoms with Crippen molar-refractivity contribution in [1.82, 2.24) is 4.90 Å². The Morgan fingerprint density at radius 1 is 0.857 bits per heavy atom. The van der Waals surface area contributed by atoms with E-state index >= 15 is 0 Å².